The quantitative estimate of drug-likeness (QED) is 0.0883. The summed E-state index contributed by atoms with van der Waals surface area (Å²) in [6.07, 6.45) is 7.76. The van der Waals surface area contributed by atoms with Crippen molar-refractivity contribution < 1.29 is 64.7 Å². The van der Waals surface area contributed by atoms with Crippen molar-refractivity contribution in [2.75, 3.05) is 41.7 Å². The fourth-order valence-electron chi connectivity index (χ4n) is 3.88. The average molecular weight is 929 g/mol. The zero-order valence-electron chi connectivity index (χ0n) is 28.5. The number of ether oxygens (including phenoxy) is 6. The number of carboxylic acid groups (broad SMARTS) is 2. The van der Waals surface area contributed by atoms with E-state index in [-0.39, 0.29) is 25.5 Å². The number of halogens is 2. The van der Waals surface area contributed by atoms with E-state index < -0.39 is 28.4 Å². The van der Waals surface area contributed by atoms with Gasteiger partial charge in [0.25, 0.3) is 0 Å². The van der Waals surface area contributed by atoms with Crippen LogP contribution in [-0.4, -0.2) is 63.8 Å². The zero-order chi connectivity index (χ0) is 36.0. The van der Waals surface area contributed by atoms with Crippen LogP contribution in [0.15, 0.2) is 84.9 Å². The van der Waals surface area contributed by atoms with Gasteiger partial charge in [0.15, 0.2) is 13.2 Å². The van der Waals surface area contributed by atoms with Crippen LogP contribution >= 0.6 is 18.8 Å². The maximum atomic E-state index is 10.4. The van der Waals surface area contributed by atoms with Gasteiger partial charge < -0.3 is 50.9 Å². The van der Waals surface area contributed by atoms with Crippen LogP contribution in [0.4, 0.5) is 0 Å². The molecule has 0 saturated heterocycles. The van der Waals surface area contributed by atoms with E-state index in [0.29, 0.717) is 11.5 Å². The molecule has 0 aliphatic carbocycles. The summed E-state index contributed by atoms with van der Waals surface area (Å²) in [5.41, 5.74) is 3.84. The second-order valence-electron chi connectivity index (χ2n) is 9.51. The van der Waals surface area contributed by atoms with Gasteiger partial charge in [0.2, 0.25) is 0 Å². The summed E-state index contributed by atoms with van der Waals surface area (Å²) < 4.78 is 31.1. The van der Waals surface area contributed by atoms with Gasteiger partial charge in [-0.3, -0.25) is 0 Å². The Kier molecular flexibility index (Phi) is 23.7. The number of rotatable bonds is 14. The number of hydrogen-bond acceptors (Lipinski definition) is 10. The number of benzene rings is 4. The molecule has 0 amide bonds. The third-order valence-electron chi connectivity index (χ3n) is 6.17. The van der Waals surface area contributed by atoms with Crippen LogP contribution in [0.1, 0.15) is 22.3 Å². The molecule has 0 bridgehead atoms. The molecule has 12 nitrogen and oxygen atoms in total. The van der Waals surface area contributed by atoms with Crippen molar-refractivity contribution in [1.29, 1.82) is 0 Å². The maximum absolute atomic E-state index is 10.4. The Morgan fingerprint density at radius 3 is 1.00 bits per heavy atom. The predicted molar refractivity (Wildman–Crippen MR) is 198 cm³/mol. The molecule has 0 aliphatic heterocycles. The van der Waals surface area contributed by atoms with Crippen LogP contribution in [0.25, 0.3) is 24.3 Å². The molecule has 0 spiro atoms. The topological polar surface area (TPSA) is 200 Å². The van der Waals surface area contributed by atoms with Crippen molar-refractivity contribution in [3.63, 3.8) is 0 Å². The Balaban J connectivity index is 0.000000878. The fourth-order valence-corrected chi connectivity index (χ4v) is 3.88. The van der Waals surface area contributed by atoms with Gasteiger partial charge in [-0.2, -0.15) is 0 Å². The summed E-state index contributed by atoms with van der Waals surface area (Å²) in [5.74, 6) is 1.94. The first-order valence-electron chi connectivity index (χ1n) is 14.2. The van der Waals surface area contributed by atoms with E-state index in [9.17, 15) is 9.59 Å². The van der Waals surface area contributed by atoms with Crippen LogP contribution in [-0.2, 0) is 26.1 Å². The number of aliphatic carboxylic acids is 2. The van der Waals surface area contributed by atoms with Gasteiger partial charge >= 0.3 is 47.3 Å². The third-order valence-corrected chi connectivity index (χ3v) is 6.17. The minimum atomic E-state index is -0.999. The molecule has 51 heavy (non-hydrogen) atoms. The molecule has 4 rings (SSSR count). The molecule has 0 unspecified atom stereocenters. The SMILES string of the molecule is COc1cc(/C=C/c2ccc(OCC(=O)O)cc2)cc(OC)c1.COc1cc(/C=C/c2ccc(OCC(=O)O)cc2)cc(OC)c1.N.N.[Cl][Pt][Cl]. The number of methoxy groups -OCH3 is 4. The number of carboxylic acids is 2. The summed E-state index contributed by atoms with van der Waals surface area (Å²) in [7, 11) is 16.2. The predicted octanol–water partition coefficient (Wildman–Crippen LogP) is 8.38. The molecule has 4 aromatic rings. The molecule has 0 radical (unpaired) electrons. The molecule has 280 valence electrons. The van der Waals surface area contributed by atoms with Gasteiger partial charge in [0.05, 0.1) is 28.4 Å². The van der Waals surface area contributed by atoms with Crippen LogP contribution in [0, 0.1) is 0 Å². The second-order valence-corrected chi connectivity index (χ2v) is 12.8. The molecule has 15 heteroatoms. The van der Waals surface area contributed by atoms with Crippen molar-refractivity contribution >= 4 is 55.1 Å². The van der Waals surface area contributed by atoms with Gasteiger partial charge in [0.1, 0.15) is 34.5 Å². The van der Waals surface area contributed by atoms with Crippen molar-refractivity contribution in [2.45, 2.75) is 0 Å². The Hall–Kier alpha value is -4.71. The van der Waals surface area contributed by atoms with Gasteiger partial charge in [-0.1, -0.05) is 48.6 Å². The van der Waals surface area contributed by atoms with E-state index in [0.717, 1.165) is 45.3 Å². The van der Waals surface area contributed by atoms with E-state index in [2.05, 4.69) is 0 Å². The molecule has 0 heterocycles. The first-order valence-corrected chi connectivity index (χ1v) is 19.8. The van der Waals surface area contributed by atoms with Crippen LogP contribution < -0.4 is 40.7 Å². The first kappa shape index (κ1) is 46.3. The standard InChI is InChI=1S/2C18H18O5.2ClH.2H3N.Pt/c2*1-21-16-9-14(10-17(11-16)22-2)4-3-13-5-7-15(8-6-13)23-12-18(19)20;;;;;/h2*3-11H,12H2,1-2H3,(H,19,20);2*1H;2*1H3;/q;;;;;;+2/p-2/b2*4-3+;;;;;. The van der Waals surface area contributed by atoms with Crippen molar-refractivity contribution in [2.24, 2.45) is 0 Å². The Morgan fingerprint density at radius 2 is 0.765 bits per heavy atom. The van der Waals surface area contributed by atoms with Crippen molar-refractivity contribution in [3.05, 3.63) is 107 Å². The van der Waals surface area contributed by atoms with Gasteiger partial charge in [-0.25, -0.2) is 9.59 Å². The van der Waals surface area contributed by atoms with Crippen LogP contribution in [0.3, 0.4) is 0 Å². The molecule has 0 aliphatic rings. The minimum absolute atomic E-state index is 0. The molecule has 0 aromatic heterocycles. The fraction of sp³-hybridized carbons (Fsp3) is 0.167. The summed E-state index contributed by atoms with van der Waals surface area (Å²) in [4.78, 5) is 20.9. The normalized spacial score (nSPS) is 9.92. The molecule has 4 aromatic carbocycles. The van der Waals surface area contributed by atoms with Gasteiger partial charge in [0, 0.05) is 12.1 Å². The molecule has 0 atom stereocenters. The van der Waals surface area contributed by atoms with Crippen LogP contribution in [0.5, 0.6) is 34.5 Å². The van der Waals surface area contributed by atoms with Crippen molar-refractivity contribution in [1.82, 2.24) is 12.3 Å². The third kappa shape index (κ3) is 18.7. The van der Waals surface area contributed by atoms with Crippen molar-refractivity contribution in [3.8, 4) is 34.5 Å². The van der Waals surface area contributed by atoms with E-state index in [1.54, 1.807) is 52.7 Å². The summed E-state index contributed by atoms with van der Waals surface area (Å²) in [6, 6.07) is 25.6. The average Bonchev–Trinajstić information content (AvgIpc) is 3.12. The zero-order valence-corrected chi connectivity index (χ0v) is 32.2. The Labute approximate surface area is 314 Å². The monoisotopic (exact) mass is 927 g/mol. The van der Waals surface area contributed by atoms with Gasteiger partial charge in [-0.15, -0.1) is 0 Å². The number of hydrogen-bond donors (Lipinski definition) is 4. The number of carbonyl (C=O) groups is 2. The second kappa shape index (κ2) is 26.1. The van der Waals surface area contributed by atoms with E-state index in [1.165, 1.54) is 0 Å². The summed E-state index contributed by atoms with van der Waals surface area (Å²) >= 11 is -0.472. The first-order chi connectivity index (χ1) is 23.6. The molecule has 0 saturated carbocycles. The van der Waals surface area contributed by atoms with E-state index in [1.807, 2.05) is 85.0 Å². The van der Waals surface area contributed by atoms with E-state index >= 15 is 0 Å². The molecular formula is C36H42Cl2N2O10Pt. The van der Waals surface area contributed by atoms with Crippen LogP contribution in [0.2, 0.25) is 0 Å². The summed E-state index contributed by atoms with van der Waals surface area (Å²) in [5, 5.41) is 17.1. The molecular weight excluding hydrogens is 886 g/mol. The van der Waals surface area contributed by atoms with Gasteiger partial charge in [-0.05, 0) is 70.8 Å². The molecule has 0 fully saturated rings. The molecule has 8 N–H and O–H groups in total. The Morgan fingerprint density at radius 1 is 0.510 bits per heavy atom. The van der Waals surface area contributed by atoms with E-state index in [4.69, 9.17) is 57.5 Å². The summed E-state index contributed by atoms with van der Waals surface area (Å²) in [6.45, 7) is -0.697. The Bertz CT molecular complexity index is 1500.